The van der Waals surface area contributed by atoms with Crippen LogP contribution in [-0.4, -0.2) is 66.8 Å². The number of esters is 1. The number of likely N-dealkylation sites (tertiary alicyclic amines) is 1. The third kappa shape index (κ3) is 5.83. The van der Waals surface area contributed by atoms with Crippen molar-refractivity contribution in [1.29, 1.82) is 0 Å². The Morgan fingerprint density at radius 1 is 1.27 bits per heavy atom. The zero-order valence-electron chi connectivity index (χ0n) is 14.7. The number of rotatable bonds is 5. The van der Waals surface area contributed by atoms with E-state index >= 15 is 0 Å². The molecule has 2 atom stereocenters. The van der Waals surface area contributed by atoms with Gasteiger partial charge in [0.05, 0.1) is 6.61 Å². The minimum absolute atomic E-state index is 0.0201. The smallest absolute Gasteiger partial charge is 0.410 e. The average Bonchev–Trinajstić information content (AvgIpc) is 2.79. The Balaban J connectivity index is 2.68. The Bertz CT molecular complexity index is 390. The molecule has 0 N–H and O–H groups in total. The van der Waals surface area contributed by atoms with Gasteiger partial charge < -0.3 is 19.3 Å². The van der Waals surface area contributed by atoms with E-state index in [0.29, 0.717) is 32.0 Å². The summed E-state index contributed by atoms with van der Waals surface area (Å²) in [6.45, 7) is 8.39. The lowest BCUT2D eigenvalue weighted by Crippen LogP contribution is -2.41. The molecule has 0 unspecified atom stereocenters. The third-order valence-electron chi connectivity index (χ3n) is 3.74. The van der Waals surface area contributed by atoms with Crippen LogP contribution >= 0.6 is 0 Å². The van der Waals surface area contributed by atoms with Crippen LogP contribution < -0.4 is 0 Å². The zero-order chi connectivity index (χ0) is 16.9. The first-order chi connectivity index (χ1) is 10.1. The summed E-state index contributed by atoms with van der Waals surface area (Å²) in [5.74, 6) is -0.208. The van der Waals surface area contributed by atoms with Gasteiger partial charge in [-0.1, -0.05) is 0 Å². The fraction of sp³-hybridized carbons (Fsp3) is 0.875. The second-order valence-corrected chi connectivity index (χ2v) is 6.98. The van der Waals surface area contributed by atoms with E-state index in [-0.39, 0.29) is 18.1 Å². The van der Waals surface area contributed by atoms with Gasteiger partial charge >= 0.3 is 12.1 Å². The van der Waals surface area contributed by atoms with Crippen LogP contribution in [0.25, 0.3) is 0 Å². The van der Waals surface area contributed by atoms with Gasteiger partial charge in [-0.15, -0.1) is 0 Å². The molecule has 0 bridgehead atoms. The van der Waals surface area contributed by atoms with Crippen molar-refractivity contribution in [2.45, 2.75) is 64.6 Å². The summed E-state index contributed by atoms with van der Waals surface area (Å²) in [7, 11) is 4.01. The maximum absolute atomic E-state index is 12.4. The molecular weight excluding hydrogens is 284 g/mol. The Kier molecular flexibility index (Phi) is 6.66. The molecule has 0 saturated carbocycles. The molecule has 0 aromatic rings. The summed E-state index contributed by atoms with van der Waals surface area (Å²) in [6, 6.07) is 0.311. The standard InChI is InChI=1S/C16H30N2O4/c1-7-21-14(19)9-8-12-10-13(17(5)6)11-18(12)15(20)22-16(2,3)4/h12-13H,7-11H2,1-6H3/t12-,13+/m1/s1. The first-order valence-electron chi connectivity index (χ1n) is 7.95. The molecule has 1 saturated heterocycles. The minimum Gasteiger partial charge on any atom is -0.466 e. The first kappa shape index (κ1) is 18.7. The molecule has 1 amide bonds. The molecule has 6 heteroatoms. The van der Waals surface area contributed by atoms with Crippen molar-refractivity contribution in [2.24, 2.45) is 0 Å². The molecule has 0 spiro atoms. The van der Waals surface area contributed by atoms with Crippen LogP contribution in [0, 0.1) is 0 Å². The number of hydrogen-bond donors (Lipinski definition) is 0. The summed E-state index contributed by atoms with van der Waals surface area (Å²) in [6.07, 6.45) is 1.50. The Morgan fingerprint density at radius 2 is 1.91 bits per heavy atom. The van der Waals surface area contributed by atoms with E-state index in [0.717, 1.165) is 6.42 Å². The van der Waals surface area contributed by atoms with Crippen molar-refractivity contribution in [3.05, 3.63) is 0 Å². The van der Waals surface area contributed by atoms with Crippen LogP contribution in [0.1, 0.15) is 47.0 Å². The molecule has 22 heavy (non-hydrogen) atoms. The molecule has 1 rings (SSSR count). The second kappa shape index (κ2) is 7.81. The van der Waals surface area contributed by atoms with Crippen LogP contribution in [0.5, 0.6) is 0 Å². The molecule has 0 aliphatic carbocycles. The van der Waals surface area contributed by atoms with Gasteiger partial charge in [-0.3, -0.25) is 4.79 Å². The lowest BCUT2D eigenvalue weighted by molar-refractivity contribution is -0.143. The van der Waals surface area contributed by atoms with Crippen LogP contribution in [0.2, 0.25) is 0 Å². The number of amides is 1. The van der Waals surface area contributed by atoms with Gasteiger partial charge in [-0.25, -0.2) is 4.79 Å². The van der Waals surface area contributed by atoms with E-state index in [2.05, 4.69) is 4.90 Å². The van der Waals surface area contributed by atoms with Gasteiger partial charge in [0.2, 0.25) is 0 Å². The molecule has 0 aromatic heterocycles. The van der Waals surface area contributed by atoms with E-state index in [4.69, 9.17) is 9.47 Å². The highest BCUT2D eigenvalue weighted by atomic mass is 16.6. The van der Waals surface area contributed by atoms with Crippen LogP contribution in [0.4, 0.5) is 4.79 Å². The van der Waals surface area contributed by atoms with Crippen LogP contribution in [-0.2, 0) is 14.3 Å². The predicted molar refractivity (Wildman–Crippen MR) is 84.7 cm³/mol. The number of likely N-dealkylation sites (N-methyl/N-ethyl adjacent to an activating group) is 1. The highest BCUT2D eigenvalue weighted by Gasteiger charge is 2.38. The highest BCUT2D eigenvalue weighted by molar-refractivity contribution is 5.70. The lowest BCUT2D eigenvalue weighted by Gasteiger charge is -2.28. The Labute approximate surface area is 133 Å². The largest absolute Gasteiger partial charge is 0.466 e. The minimum atomic E-state index is -0.515. The van der Waals surface area contributed by atoms with Gasteiger partial charge in [0.15, 0.2) is 0 Å². The predicted octanol–water partition coefficient (Wildman–Crippen LogP) is 2.27. The van der Waals surface area contributed by atoms with Crippen molar-refractivity contribution in [3.63, 3.8) is 0 Å². The van der Waals surface area contributed by atoms with Crippen LogP contribution in [0.15, 0.2) is 0 Å². The molecule has 1 heterocycles. The molecule has 1 aliphatic rings. The fourth-order valence-electron chi connectivity index (χ4n) is 2.60. The number of nitrogens with zero attached hydrogens (tertiary/aromatic N) is 2. The van der Waals surface area contributed by atoms with Crippen molar-refractivity contribution in [3.8, 4) is 0 Å². The molecule has 6 nitrogen and oxygen atoms in total. The number of hydrogen-bond acceptors (Lipinski definition) is 5. The SMILES string of the molecule is CCOC(=O)CC[C@@H]1C[C@H](N(C)C)CN1C(=O)OC(C)(C)C. The molecule has 1 aliphatic heterocycles. The maximum Gasteiger partial charge on any atom is 0.410 e. The van der Waals surface area contributed by atoms with Gasteiger partial charge in [0.25, 0.3) is 0 Å². The first-order valence-corrected chi connectivity index (χ1v) is 7.95. The van der Waals surface area contributed by atoms with Crippen molar-refractivity contribution < 1.29 is 19.1 Å². The van der Waals surface area contributed by atoms with Gasteiger partial charge in [0, 0.05) is 25.0 Å². The maximum atomic E-state index is 12.4. The van der Waals surface area contributed by atoms with E-state index in [1.807, 2.05) is 34.9 Å². The molecule has 0 radical (unpaired) electrons. The zero-order valence-corrected chi connectivity index (χ0v) is 14.7. The van der Waals surface area contributed by atoms with Crippen molar-refractivity contribution >= 4 is 12.1 Å². The van der Waals surface area contributed by atoms with E-state index in [1.165, 1.54) is 0 Å². The summed E-state index contributed by atoms with van der Waals surface area (Å²) >= 11 is 0. The van der Waals surface area contributed by atoms with E-state index in [9.17, 15) is 9.59 Å². The topological polar surface area (TPSA) is 59.1 Å². The molecular formula is C16H30N2O4. The Morgan fingerprint density at radius 3 is 2.41 bits per heavy atom. The molecule has 128 valence electrons. The van der Waals surface area contributed by atoms with Gasteiger partial charge in [-0.05, 0) is 54.6 Å². The highest BCUT2D eigenvalue weighted by Crippen LogP contribution is 2.26. The molecule has 0 aromatic carbocycles. The van der Waals surface area contributed by atoms with Crippen molar-refractivity contribution in [2.75, 3.05) is 27.2 Å². The number of carbonyl (C=O) groups is 2. The normalized spacial score (nSPS) is 22.0. The quantitative estimate of drug-likeness (QED) is 0.729. The molecule has 1 fully saturated rings. The summed E-state index contributed by atoms with van der Waals surface area (Å²) in [4.78, 5) is 27.8. The van der Waals surface area contributed by atoms with Gasteiger partial charge in [0.1, 0.15) is 5.60 Å². The third-order valence-corrected chi connectivity index (χ3v) is 3.74. The van der Waals surface area contributed by atoms with Gasteiger partial charge in [-0.2, -0.15) is 0 Å². The van der Waals surface area contributed by atoms with E-state index in [1.54, 1.807) is 11.8 Å². The monoisotopic (exact) mass is 314 g/mol. The summed E-state index contributed by atoms with van der Waals surface area (Å²) in [5, 5.41) is 0. The summed E-state index contributed by atoms with van der Waals surface area (Å²) < 4.78 is 10.5. The van der Waals surface area contributed by atoms with E-state index < -0.39 is 5.60 Å². The summed E-state index contributed by atoms with van der Waals surface area (Å²) in [5.41, 5.74) is -0.515. The van der Waals surface area contributed by atoms with Crippen LogP contribution in [0.3, 0.4) is 0 Å². The number of ether oxygens (including phenoxy) is 2. The second-order valence-electron chi connectivity index (χ2n) is 6.98. The fourth-order valence-corrected chi connectivity index (χ4v) is 2.60. The van der Waals surface area contributed by atoms with Crippen molar-refractivity contribution in [1.82, 2.24) is 9.80 Å². The lowest BCUT2D eigenvalue weighted by atomic mass is 10.1. The Hall–Kier alpha value is -1.30. The average molecular weight is 314 g/mol. The number of carbonyl (C=O) groups excluding carboxylic acids is 2.